The highest BCUT2D eigenvalue weighted by Gasteiger charge is 2.36. The fourth-order valence-electron chi connectivity index (χ4n) is 2.35. The standard InChI is InChI=1S/C14H22N2O2/c1-4-11-5-6-12(13(15-11)9-16(2)3)14(17)7-8-18-10-14/h5-6,17H,4,7-10H2,1-3H3. The summed E-state index contributed by atoms with van der Waals surface area (Å²) in [5, 5.41) is 10.6. The lowest BCUT2D eigenvalue weighted by Gasteiger charge is -2.25. The molecule has 1 saturated heterocycles. The van der Waals surface area contributed by atoms with Crippen LogP contribution in [-0.4, -0.2) is 42.3 Å². The molecule has 1 unspecified atom stereocenters. The van der Waals surface area contributed by atoms with Gasteiger partial charge in [-0.1, -0.05) is 13.0 Å². The smallest absolute Gasteiger partial charge is 0.117 e. The summed E-state index contributed by atoms with van der Waals surface area (Å²) in [5.74, 6) is 0. The van der Waals surface area contributed by atoms with E-state index in [-0.39, 0.29) is 0 Å². The van der Waals surface area contributed by atoms with E-state index in [9.17, 15) is 5.11 Å². The molecule has 1 aliphatic heterocycles. The summed E-state index contributed by atoms with van der Waals surface area (Å²) in [7, 11) is 4.03. The molecule has 4 heteroatoms. The molecule has 1 aromatic heterocycles. The first kappa shape index (κ1) is 13.5. The lowest BCUT2D eigenvalue weighted by Crippen LogP contribution is -2.29. The normalized spacial score (nSPS) is 23.8. The van der Waals surface area contributed by atoms with Crippen molar-refractivity contribution in [2.45, 2.75) is 31.9 Å². The number of pyridine rings is 1. The van der Waals surface area contributed by atoms with Crippen LogP contribution in [0.3, 0.4) is 0 Å². The van der Waals surface area contributed by atoms with Crippen molar-refractivity contribution < 1.29 is 9.84 Å². The summed E-state index contributed by atoms with van der Waals surface area (Å²) in [6, 6.07) is 4.02. The first-order chi connectivity index (χ1) is 8.55. The molecule has 0 spiro atoms. The van der Waals surface area contributed by atoms with Gasteiger partial charge in [0.1, 0.15) is 5.60 Å². The second-order valence-corrected chi connectivity index (χ2v) is 5.22. The predicted octanol–water partition coefficient (Wildman–Crippen LogP) is 1.31. The van der Waals surface area contributed by atoms with E-state index in [1.807, 2.05) is 26.2 Å². The van der Waals surface area contributed by atoms with E-state index < -0.39 is 5.60 Å². The Hall–Kier alpha value is -0.970. The Kier molecular flexibility index (Phi) is 4.00. The zero-order valence-electron chi connectivity index (χ0n) is 11.4. The van der Waals surface area contributed by atoms with Crippen LogP contribution in [0.5, 0.6) is 0 Å². The summed E-state index contributed by atoms with van der Waals surface area (Å²) in [4.78, 5) is 6.74. The molecule has 1 N–H and O–H groups in total. The molecule has 4 nitrogen and oxygen atoms in total. The molecular formula is C14H22N2O2. The summed E-state index contributed by atoms with van der Waals surface area (Å²) in [6.07, 6.45) is 1.57. The fourth-order valence-corrected chi connectivity index (χ4v) is 2.35. The van der Waals surface area contributed by atoms with Crippen molar-refractivity contribution in [1.29, 1.82) is 0 Å². The highest BCUT2D eigenvalue weighted by molar-refractivity contribution is 5.30. The molecule has 0 radical (unpaired) electrons. The third kappa shape index (κ3) is 2.71. The third-order valence-corrected chi connectivity index (χ3v) is 3.36. The van der Waals surface area contributed by atoms with Gasteiger partial charge in [-0.25, -0.2) is 0 Å². The van der Waals surface area contributed by atoms with Crippen molar-refractivity contribution in [3.63, 3.8) is 0 Å². The van der Waals surface area contributed by atoms with E-state index in [2.05, 4.69) is 16.8 Å². The molecule has 1 fully saturated rings. The van der Waals surface area contributed by atoms with Gasteiger partial charge in [-0.3, -0.25) is 4.98 Å². The number of rotatable bonds is 4. The molecule has 18 heavy (non-hydrogen) atoms. The Morgan fingerprint density at radius 3 is 2.78 bits per heavy atom. The van der Waals surface area contributed by atoms with E-state index >= 15 is 0 Å². The number of aromatic nitrogens is 1. The van der Waals surface area contributed by atoms with Crippen LogP contribution in [0.2, 0.25) is 0 Å². The van der Waals surface area contributed by atoms with Gasteiger partial charge in [0.2, 0.25) is 0 Å². The molecule has 2 rings (SSSR count). The van der Waals surface area contributed by atoms with Gasteiger partial charge in [-0.2, -0.15) is 0 Å². The second kappa shape index (κ2) is 5.34. The first-order valence-corrected chi connectivity index (χ1v) is 6.49. The molecule has 2 heterocycles. The average molecular weight is 250 g/mol. The number of ether oxygens (including phenoxy) is 1. The fraction of sp³-hybridized carbons (Fsp3) is 0.643. The van der Waals surface area contributed by atoms with Crippen molar-refractivity contribution in [3.8, 4) is 0 Å². The van der Waals surface area contributed by atoms with Crippen LogP contribution in [0.25, 0.3) is 0 Å². The molecule has 0 aromatic carbocycles. The van der Waals surface area contributed by atoms with Crippen LogP contribution < -0.4 is 0 Å². The highest BCUT2D eigenvalue weighted by Crippen LogP contribution is 2.32. The van der Waals surface area contributed by atoms with Crippen molar-refractivity contribution in [2.75, 3.05) is 27.3 Å². The lowest BCUT2D eigenvalue weighted by atomic mass is 9.91. The monoisotopic (exact) mass is 250 g/mol. The van der Waals surface area contributed by atoms with Gasteiger partial charge in [-0.05, 0) is 26.6 Å². The van der Waals surface area contributed by atoms with Crippen LogP contribution in [0, 0.1) is 0 Å². The van der Waals surface area contributed by atoms with E-state index in [1.54, 1.807) is 0 Å². The van der Waals surface area contributed by atoms with Crippen LogP contribution in [0.15, 0.2) is 12.1 Å². The van der Waals surface area contributed by atoms with Crippen molar-refractivity contribution in [1.82, 2.24) is 9.88 Å². The minimum Gasteiger partial charge on any atom is -0.383 e. The topological polar surface area (TPSA) is 45.6 Å². The Labute approximate surface area is 109 Å². The summed E-state index contributed by atoms with van der Waals surface area (Å²) >= 11 is 0. The Morgan fingerprint density at radius 1 is 1.44 bits per heavy atom. The van der Waals surface area contributed by atoms with Gasteiger partial charge in [0.15, 0.2) is 0 Å². The molecule has 0 aliphatic carbocycles. The number of aliphatic hydroxyl groups is 1. The first-order valence-electron chi connectivity index (χ1n) is 6.49. The zero-order chi connectivity index (χ0) is 13.2. The quantitative estimate of drug-likeness (QED) is 0.875. The maximum absolute atomic E-state index is 10.6. The summed E-state index contributed by atoms with van der Waals surface area (Å²) in [6.45, 7) is 3.83. The number of hydrogen-bond acceptors (Lipinski definition) is 4. The van der Waals surface area contributed by atoms with Gasteiger partial charge < -0.3 is 14.7 Å². The van der Waals surface area contributed by atoms with E-state index in [0.29, 0.717) is 19.6 Å². The van der Waals surface area contributed by atoms with Crippen LogP contribution in [-0.2, 0) is 23.3 Å². The zero-order valence-corrected chi connectivity index (χ0v) is 11.4. The Morgan fingerprint density at radius 2 is 2.22 bits per heavy atom. The molecule has 1 aromatic rings. The Bertz CT molecular complexity index is 412. The van der Waals surface area contributed by atoms with Crippen LogP contribution in [0.1, 0.15) is 30.3 Å². The van der Waals surface area contributed by atoms with Crippen LogP contribution in [0.4, 0.5) is 0 Å². The molecular weight excluding hydrogens is 228 g/mol. The van der Waals surface area contributed by atoms with Crippen molar-refractivity contribution in [3.05, 3.63) is 29.1 Å². The second-order valence-electron chi connectivity index (χ2n) is 5.22. The minimum atomic E-state index is -0.857. The highest BCUT2D eigenvalue weighted by atomic mass is 16.5. The van der Waals surface area contributed by atoms with Gasteiger partial charge in [0.05, 0.1) is 12.3 Å². The minimum absolute atomic E-state index is 0.376. The van der Waals surface area contributed by atoms with Gasteiger partial charge in [0.25, 0.3) is 0 Å². The van der Waals surface area contributed by atoms with Crippen LogP contribution >= 0.6 is 0 Å². The number of hydrogen-bond donors (Lipinski definition) is 1. The number of nitrogens with zero attached hydrogens (tertiary/aromatic N) is 2. The van der Waals surface area contributed by atoms with Crippen molar-refractivity contribution >= 4 is 0 Å². The maximum Gasteiger partial charge on any atom is 0.117 e. The molecule has 0 amide bonds. The average Bonchev–Trinajstić information content (AvgIpc) is 2.76. The maximum atomic E-state index is 10.6. The lowest BCUT2D eigenvalue weighted by molar-refractivity contribution is 0.0216. The molecule has 1 aliphatic rings. The van der Waals surface area contributed by atoms with E-state index in [0.717, 1.165) is 29.9 Å². The Balaban J connectivity index is 2.38. The molecule has 1 atom stereocenters. The SMILES string of the molecule is CCc1ccc(C2(O)CCOC2)c(CN(C)C)n1. The summed E-state index contributed by atoms with van der Waals surface area (Å²) in [5.41, 5.74) is 2.10. The predicted molar refractivity (Wildman–Crippen MR) is 70.3 cm³/mol. The van der Waals surface area contributed by atoms with Crippen molar-refractivity contribution in [2.24, 2.45) is 0 Å². The molecule has 0 bridgehead atoms. The largest absolute Gasteiger partial charge is 0.383 e. The molecule has 100 valence electrons. The number of aryl methyl sites for hydroxylation is 1. The van der Waals surface area contributed by atoms with Gasteiger partial charge in [-0.15, -0.1) is 0 Å². The third-order valence-electron chi connectivity index (χ3n) is 3.36. The van der Waals surface area contributed by atoms with Gasteiger partial charge >= 0.3 is 0 Å². The van der Waals surface area contributed by atoms with E-state index in [4.69, 9.17) is 4.74 Å². The van der Waals surface area contributed by atoms with Gasteiger partial charge in [0, 0.05) is 30.8 Å². The summed E-state index contributed by atoms with van der Waals surface area (Å²) < 4.78 is 5.34. The molecule has 0 saturated carbocycles. The van der Waals surface area contributed by atoms with E-state index in [1.165, 1.54) is 0 Å².